The molecule has 33 heavy (non-hydrogen) atoms. The van der Waals surface area contributed by atoms with Gasteiger partial charge in [-0.05, 0) is 50.6 Å². The zero-order valence-corrected chi connectivity index (χ0v) is 20.2. The van der Waals surface area contributed by atoms with E-state index in [1.807, 2.05) is 57.2 Å². The zero-order chi connectivity index (χ0) is 23.6. The maximum absolute atomic E-state index is 13.3. The van der Waals surface area contributed by atoms with Gasteiger partial charge in [-0.3, -0.25) is 0 Å². The van der Waals surface area contributed by atoms with Gasteiger partial charge in [0.15, 0.2) is 0 Å². The van der Waals surface area contributed by atoms with Crippen molar-refractivity contribution >= 4 is 27.3 Å². The van der Waals surface area contributed by atoms with Crippen LogP contribution in [0, 0.1) is 20.8 Å². The fourth-order valence-corrected chi connectivity index (χ4v) is 5.51. The Morgan fingerprint density at radius 2 is 1.55 bits per heavy atom. The molecule has 1 fully saturated rings. The van der Waals surface area contributed by atoms with E-state index >= 15 is 0 Å². The summed E-state index contributed by atoms with van der Waals surface area (Å²) in [5, 5.41) is 3.33. The number of hydrogen-bond acceptors (Lipinski definition) is 7. The summed E-state index contributed by atoms with van der Waals surface area (Å²) in [4.78, 5) is 11.4. The topological polar surface area (TPSA) is 87.7 Å². The van der Waals surface area contributed by atoms with Crippen molar-refractivity contribution in [3.8, 4) is 5.75 Å². The number of nitrogens with zero attached hydrogens (tertiary/aromatic N) is 4. The third-order valence-corrected chi connectivity index (χ3v) is 7.57. The van der Waals surface area contributed by atoms with Crippen molar-refractivity contribution in [3.05, 3.63) is 65.5 Å². The minimum Gasteiger partial charge on any atom is -0.495 e. The lowest BCUT2D eigenvalue weighted by Gasteiger charge is -2.35. The van der Waals surface area contributed by atoms with Crippen molar-refractivity contribution in [1.82, 2.24) is 14.3 Å². The Kier molecular flexibility index (Phi) is 6.53. The number of piperazine rings is 1. The molecule has 1 aliphatic heterocycles. The van der Waals surface area contributed by atoms with E-state index in [9.17, 15) is 8.42 Å². The Morgan fingerprint density at radius 1 is 0.879 bits per heavy atom. The molecule has 174 valence electrons. The molecule has 0 aliphatic carbocycles. The van der Waals surface area contributed by atoms with Gasteiger partial charge in [0.1, 0.15) is 28.1 Å². The summed E-state index contributed by atoms with van der Waals surface area (Å²) in [7, 11) is -2.17. The number of hydrogen-bond donors (Lipinski definition) is 1. The standard InChI is InChI=1S/C24H29N5O3S/c1-17-5-8-20(9-6-17)27-23-16-24(26-19(3)25-23)28-11-13-29(14-12-28)33(30,31)22-15-18(2)7-10-21(22)32-4/h5-10,15-16H,11-14H2,1-4H3,(H,25,26,27). The monoisotopic (exact) mass is 467 g/mol. The van der Waals surface area contributed by atoms with Gasteiger partial charge in [-0.2, -0.15) is 4.31 Å². The van der Waals surface area contributed by atoms with Gasteiger partial charge in [0.05, 0.1) is 7.11 Å². The summed E-state index contributed by atoms with van der Waals surface area (Å²) < 4.78 is 33.4. The van der Waals surface area contributed by atoms with Crippen LogP contribution in [0.5, 0.6) is 5.75 Å². The van der Waals surface area contributed by atoms with Gasteiger partial charge in [-0.15, -0.1) is 0 Å². The molecule has 9 heteroatoms. The van der Waals surface area contributed by atoms with E-state index in [-0.39, 0.29) is 4.90 Å². The largest absolute Gasteiger partial charge is 0.495 e. The van der Waals surface area contributed by atoms with Gasteiger partial charge < -0.3 is 15.0 Å². The highest BCUT2D eigenvalue weighted by atomic mass is 32.2. The predicted molar refractivity (Wildman–Crippen MR) is 130 cm³/mol. The van der Waals surface area contributed by atoms with E-state index < -0.39 is 10.0 Å². The van der Waals surface area contributed by atoms with Gasteiger partial charge in [-0.25, -0.2) is 18.4 Å². The van der Waals surface area contributed by atoms with Crippen LogP contribution in [0.3, 0.4) is 0 Å². The third kappa shape index (κ3) is 5.09. The highest BCUT2D eigenvalue weighted by Gasteiger charge is 2.31. The summed E-state index contributed by atoms with van der Waals surface area (Å²) in [6.07, 6.45) is 0. The first-order chi connectivity index (χ1) is 15.8. The Hall–Kier alpha value is -3.17. The van der Waals surface area contributed by atoms with Crippen LogP contribution in [0.1, 0.15) is 17.0 Å². The average Bonchev–Trinajstić information content (AvgIpc) is 2.80. The third-order valence-electron chi connectivity index (χ3n) is 5.65. The minimum absolute atomic E-state index is 0.209. The van der Waals surface area contributed by atoms with Crippen molar-refractivity contribution in [3.63, 3.8) is 0 Å². The van der Waals surface area contributed by atoms with Crippen molar-refractivity contribution in [1.29, 1.82) is 0 Å². The van der Waals surface area contributed by atoms with Crippen LogP contribution < -0.4 is 15.0 Å². The second kappa shape index (κ2) is 9.36. The first-order valence-electron chi connectivity index (χ1n) is 10.9. The zero-order valence-electron chi connectivity index (χ0n) is 19.4. The molecule has 0 amide bonds. The average molecular weight is 468 g/mol. The molecule has 8 nitrogen and oxygen atoms in total. The smallest absolute Gasteiger partial charge is 0.246 e. The van der Waals surface area contributed by atoms with Crippen LogP contribution in [0.4, 0.5) is 17.3 Å². The van der Waals surface area contributed by atoms with E-state index in [1.54, 1.807) is 12.1 Å². The molecule has 1 saturated heterocycles. The summed E-state index contributed by atoms with van der Waals surface area (Å²) in [6, 6.07) is 15.2. The number of anilines is 3. The number of nitrogens with one attached hydrogen (secondary N) is 1. The highest BCUT2D eigenvalue weighted by Crippen LogP contribution is 2.29. The Balaban J connectivity index is 1.49. The van der Waals surface area contributed by atoms with E-state index in [1.165, 1.54) is 17.0 Å². The molecular weight excluding hydrogens is 438 g/mol. The van der Waals surface area contributed by atoms with Crippen LogP contribution in [0.2, 0.25) is 0 Å². The number of aryl methyl sites for hydroxylation is 3. The van der Waals surface area contributed by atoms with Crippen molar-refractivity contribution < 1.29 is 13.2 Å². The first-order valence-corrected chi connectivity index (χ1v) is 12.3. The van der Waals surface area contributed by atoms with Gasteiger partial charge in [0, 0.05) is 37.9 Å². The molecule has 0 radical (unpaired) electrons. The maximum Gasteiger partial charge on any atom is 0.246 e. The predicted octanol–water partition coefficient (Wildman–Crippen LogP) is 3.66. The quantitative estimate of drug-likeness (QED) is 0.592. The first kappa shape index (κ1) is 23.0. The molecule has 1 aromatic heterocycles. The number of methoxy groups -OCH3 is 1. The number of ether oxygens (including phenoxy) is 1. The summed E-state index contributed by atoms with van der Waals surface area (Å²) >= 11 is 0. The molecular formula is C24H29N5O3S. The van der Waals surface area contributed by atoms with Crippen molar-refractivity contribution in [2.24, 2.45) is 0 Å². The number of rotatable bonds is 6. The van der Waals surface area contributed by atoms with Gasteiger partial charge in [0.2, 0.25) is 10.0 Å². The number of sulfonamides is 1. The lowest BCUT2D eigenvalue weighted by atomic mass is 10.2. The molecule has 0 saturated carbocycles. The molecule has 1 N–H and O–H groups in total. The molecule has 2 heterocycles. The second-order valence-electron chi connectivity index (χ2n) is 8.20. The highest BCUT2D eigenvalue weighted by molar-refractivity contribution is 7.89. The maximum atomic E-state index is 13.3. The van der Waals surface area contributed by atoms with Crippen LogP contribution >= 0.6 is 0 Å². The Morgan fingerprint density at radius 3 is 2.21 bits per heavy atom. The summed E-state index contributed by atoms with van der Waals surface area (Å²) in [6.45, 7) is 7.57. The van der Waals surface area contributed by atoms with E-state index in [2.05, 4.69) is 20.2 Å². The molecule has 0 atom stereocenters. The lowest BCUT2D eigenvalue weighted by molar-refractivity contribution is 0.373. The van der Waals surface area contributed by atoms with E-state index in [0.717, 1.165) is 17.1 Å². The molecule has 4 rings (SSSR count). The van der Waals surface area contributed by atoms with Crippen molar-refractivity contribution in [2.75, 3.05) is 43.5 Å². The molecule has 2 aromatic carbocycles. The summed E-state index contributed by atoms with van der Waals surface area (Å²) in [5.41, 5.74) is 3.02. The van der Waals surface area contributed by atoms with Gasteiger partial charge in [0.25, 0.3) is 0 Å². The molecule has 0 bridgehead atoms. The summed E-state index contributed by atoms with van der Waals surface area (Å²) in [5.74, 6) is 2.51. The molecule has 0 unspecified atom stereocenters. The van der Waals surface area contributed by atoms with Gasteiger partial charge >= 0.3 is 0 Å². The van der Waals surface area contributed by atoms with Crippen molar-refractivity contribution in [2.45, 2.75) is 25.7 Å². The lowest BCUT2D eigenvalue weighted by Crippen LogP contribution is -2.49. The number of benzene rings is 2. The van der Waals surface area contributed by atoms with Crippen LogP contribution in [0.25, 0.3) is 0 Å². The van der Waals surface area contributed by atoms with Gasteiger partial charge in [-0.1, -0.05) is 23.8 Å². The van der Waals surface area contributed by atoms with E-state index in [0.29, 0.717) is 43.6 Å². The normalized spacial score (nSPS) is 14.8. The Bertz CT molecular complexity index is 1240. The van der Waals surface area contributed by atoms with Crippen LogP contribution in [-0.2, 0) is 10.0 Å². The minimum atomic E-state index is -3.66. The van der Waals surface area contributed by atoms with E-state index in [4.69, 9.17) is 4.74 Å². The fourth-order valence-electron chi connectivity index (χ4n) is 3.84. The van der Waals surface area contributed by atoms with Crippen LogP contribution in [0.15, 0.2) is 53.4 Å². The molecule has 1 aliphatic rings. The fraction of sp³-hybridized carbons (Fsp3) is 0.333. The molecule has 3 aromatic rings. The van der Waals surface area contributed by atoms with Crippen LogP contribution in [-0.4, -0.2) is 56.0 Å². The SMILES string of the molecule is COc1ccc(C)cc1S(=O)(=O)N1CCN(c2cc(Nc3ccc(C)cc3)nc(C)n2)CC1. The molecule has 0 spiro atoms. The second-order valence-corrected chi connectivity index (χ2v) is 10.1. The number of aromatic nitrogens is 2. The Labute approximate surface area is 195 Å².